The van der Waals surface area contributed by atoms with E-state index < -0.39 is 23.2 Å². The predicted octanol–water partition coefficient (Wildman–Crippen LogP) is 6.36. The third kappa shape index (κ3) is 6.62. The molecule has 0 bridgehead atoms. The molecule has 2 aromatic carbocycles. The number of hydrogen-bond donors (Lipinski definition) is 2. The molecule has 4 rings (SSSR count). The quantitative estimate of drug-likeness (QED) is 0.277. The van der Waals surface area contributed by atoms with Crippen LogP contribution in [0.1, 0.15) is 54.6 Å². The van der Waals surface area contributed by atoms with Gasteiger partial charge >= 0.3 is 5.97 Å². The van der Waals surface area contributed by atoms with Crippen LogP contribution in [0.2, 0.25) is 5.02 Å². The Balaban J connectivity index is 1.77. The van der Waals surface area contributed by atoms with E-state index in [0.717, 1.165) is 43.4 Å². The Labute approximate surface area is 239 Å². The topological polar surface area (TPSA) is 91.8 Å². The van der Waals surface area contributed by atoms with E-state index in [-0.39, 0.29) is 16.5 Å². The number of aryl methyl sites for hydroxylation is 1. The summed E-state index contributed by atoms with van der Waals surface area (Å²) in [6.45, 7) is 3.10. The highest BCUT2D eigenvalue weighted by atomic mass is 35.5. The number of ether oxygens (including phenoxy) is 1. The molecule has 1 saturated carbocycles. The summed E-state index contributed by atoms with van der Waals surface area (Å²) in [6, 6.07) is 14.0. The predicted molar refractivity (Wildman–Crippen MR) is 154 cm³/mol. The molecule has 1 fully saturated rings. The number of nitrogens with zero attached hydrogens (tertiary/aromatic N) is 2. The van der Waals surface area contributed by atoms with E-state index >= 15 is 4.39 Å². The van der Waals surface area contributed by atoms with Gasteiger partial charge in [-0.3, -0.25) is 4.79 Å². The lowest BCUT2D eigenvalue weighted by Crippen LogP contribution is -2.55. The third-order valence-electron chi connectivity index (χ3n) is 7.31. The molecule has 212 valence electrons. The summed E-state index contributed by atoms with van der Waals surface area (Å²) in [4.78, 5) is 32.2. The molecule has 1 aliphatic carbocycles. The average molecular weight is 568 g/mol. The highest BCUT2D eigenvalue weighted by molar-refractivity contribution is 6.32. The number of carbonyl (C=O) groups is 2. The summed E-state index contributed by atoms with van der Waals surface area (Å²) in [5, 5.41) is 12.6. The van der Waals surface area contributed by atoms with Crippen LogP contribution in [0.25, 0.3) is 22.4 Å². The van der Waals surface area contributed by atoms with Gasteiger partial charge in [0.15, 0.2) is 0 Å². The maximum Gasteiger partial charge on any atom is 0.329 e. The van der Waals surface area contributed by atoms with Gasteiger partial charge < -0.3 is 20.1 Å². The number of hydrogen-bond acceptors (Lipinski definition) is 5. The van der Waals surface area contributed by atoms with Gasteiger partial charge in [-0.05, 0) is 75.7 Å². The van der Waals surface area contributed by atoms with Crippen LogP contribution in [0.5, 0.6) is 5.75 Å². The van der Waals surface area contributed by atoms with E-state index in [1.54, 1.807) is 18.2 Å². The number of halogens is 2. The standard InChI is InChI=1S/C31H35ClFN3O4/c1-20-10-5-6-11-22(20)23-12-13-25(29(37)35-31(30(38)39)14-7-4-8-15-31)34-28(23)21-18-24(33)27(32)26(19-21)40-17-9-16-36(2)3/h5-6,10-13,18-19H,4,7-9,14-17H2,1-3H3,(H,35,37)(H,38,39). The Kier molecular flexibility index (Phi) is 9.43. The van der Waals surface area contributed by atoms with Crippen molar-refractivity contribution < 1.29 is 23.8 Å². The van der Waals surface area contributed by atoms with Gasteiger partial charge in [-0.15, -0.1) is 0 Å². The first kappa shape index (κ1) is 29.5. The zero-order chi connectivity index (χ0) is 28.9. The molecule has 3 aromatic rings. The smallest absolute Gasteiger partial charge is 0.329 e. The SMILES string of the molecule is Cc1ccccc1-c1ccc(C(=O)NC2(C(=O)O)CCCCC2)nc1-c1cc(F)c(Cl)c(OCCCN(C)C)c1. The fourth-order valence-electron chi connectivity index (χ4n) is 5.10. The number of pyridine rings is 1. The molecular formula is C31H35ClFN3O4. The molecule has 1 aliphatic rings. The number of carboxylic acids is 1. The van der Waals surface area contributed by atoms with Crippen LogP contribution in [0.15, 0.2) is 48.5 Å². The van der Waals surface area contributed by atoms with Gasteiger partial charge in [-0.25, -0.2) is 14.2 Å². The van der Waals surface area contributed by atoms with Gasteiger partial charge in [0.05, 0.1) is 12.3 Å². The number of benzene rings is 2. The minimum atomic E-state index is -1.33. The van der Waals surface area contributed by atoms with Crippen molar-refractivity contribution in [2.45, 2.75) is 51.0 Å². The molecule has 0 radical (unpaired) electrons. The summed E-state index contributed by atoms with van der Waals surface area (Å²) in [6.07, 6.45) is 3.82. The first-order valence-electron chi connectivity index (χ1n) is 13.5. The Bertz CT molecular complexity index is 1390. The molecule has 0 unspecified atom stereocenters. The second-order valence-corrected chi connectivity index (χ2v) is 11.0. The molecule has 0 aliphatic heterocycles. The second kappa shape index (κ2) is 12.8. The summed E-state index contributed by atoms with van der Waals surface area (Å²) in [5.74, 6) is -2.11. The molecule has 0 saturated heterocycles. The number of aliphatic carboxylic acids is 1. The molecule has 0 atom stereocenters. The maximum atomic E-state index is 15.1. The average Bonchev–Trinajstić information content (AvgIpc) is 2.93. The molecule has 1 heterocycles. The molecule has 7 nitrogen and oxygen atoms in total. The van der Waals surface area contributed by atoms with Crippen LogP contribution in [-0.2, 0) is 4.79 Å². The van der Waals surface area contributed by atoms with Gasteiger partial charge in [-0.2, -0.15) is 0 Å². The Morgan fingerprint density at radius 2 is 1.82 bits per heavy atom. The van der Waals surface area contributed by atoms with Gasteiger partial charge in [-0.1, -0.05) is 55.1 Å². The largest absolute Gasteiger partial charge is 0.492 e. The Morgan fingerprint density at radius 3 is 2.50 bits per heavy atom. The number of carboxylic acid groups (broad SMARTS) is 1. The molecule has 1 aromatic heterocycles. The Morgan fingerprint density at radius 1 is 1.10 bits per heavy atom. The maximum absolute atomic E-state index is 15.1. The number of nitrogens with one attached hydrogen (secondary N) is 1. The monoisotopic (exact) mass is 567 g/mol. The second-order valence-electron chi connectivity index (χ2n) is 10.6. The molecule has 2 N–H and O–H groups in total. The molecule has 1 amide bonds. The lowest BCUT2D eigenvalue weighted by Gasteiger charge is -2.33. The van der Waals surface area contributed by atoms with E-state index in [1.165, 1.54) is 6.07 Å². The van der Waals surface area contributed by atoms with Crippen molar-refractivity contribution in [3.05, 3.63) is 70.6 Å². The highest BCUT2D eigenvalue weighted by Gasteiger charge is 2.41. The van der Waals surface area contributed by atoms with Gasteiger partial charge in [0.25, 0.3) is 5.91 Å². The van der Waals surface area contributed by atoms with Crippen LogP contribution < -0.4 is 10.1 Å². The minimum Gasteiger partial charge on any atom is -0.492 e. The van der Waals surface area contributed by atoms with Crippen molar-refractivity contribution >= 4 is 23.5 Å². The molecule has 40 heavy (non-hydrogen) atoms. The fourth-order valence-corrected chi connectivity index (χ4v) is 5.26. The summed E-state index contributed by atoms with van der Waals surface area (Å²) >= 11 is 6.26. The zero-order valence-electron chi connectivity index (χ0n) is 23.1. The zero-order valence-corrected chi connectivity index (χ0v) is 23.9. The van der Waals surface area contributed by atoms with E-state index in [9.17, 15) is 14.7 Å². The molecule has 0 spiro atoms. The van der Waals surface area contributed by atoms with Crippen molar-refractivity contribution in [3.8, 4) is 28.1 Å². The van der Waals surface area contributed by atoms with E-state index in [4.69, 9.17) is 16.3 Å². The number of rotatable bonds is 10. The van der Waals surface area contributed by atoms with Crippen molar-refractivity contribution in [2.24, 2.45) is 0 Å². The first-order chi connectivity index (χ1) is 19.1. The number of amides is 1. The van der Waals surface area contributed by atoms with E-state index in [0.29, 0.717) is 36.3 Å². The summed E-state index contributed by atoms with van der Waals surface area (Å²) in [7, 11) is 3.92. The van der Waals surface area contributed by atoms with Crippen LogP contribution in [0, 0.1) is 12.7 Å². The van der Waals surface area contributed by atoms with Crippen molar-refractivity contribution in [1.29, 1.82) is 0 Å². The molecular weight excluding hydrogens is 533 g/mol. The van der Waals surface area contributed by atoms with Gasteiger partial charge in [0.1, 0.15) is 27.8 Å². The normalized spacial score (nSPS) is 14.7. The van der Waals surface area contributed by atoms with Crippen LogP contribution >= 0.6 is 11.6 Å². The fraction of sp³-hybridized carbons (Fsp3) is 0.387. The van der Waals surface area contributed by atoms with Crippen LogP contribution in [-0.4, -0.2) is 59.7 Å². The van der Waals surface area contributed by atoms with Gasteiger partial charge in [0, 0.05) is 17.7 Å². The first-order valence-corrected chi connectivity index (χ1v) is 13.9. The van der Waals surface area contributed by atoms with Crippen molar-refractivity contribution in [2.75, 3.05) is 27.2 Å². The van der Waals surface area contributed by atoms with Crippen LogP contribution in [0.3, 0.4) is 0 Å². The van der Waals surface area contributed by atoms with E-state index in [1.807, 2.05) is 50.2 Å². The summed E-state index contributed by atoms with van der Waals surface area (Å²) < 4.78 is 20.9. The lowest BCUT2D eigenvalue weighted by molar-refractivity contribution is -0.145. The van der Waals surface area contributed by atoms with Crippen LogP contribution in [0.4, 0.5) is 4.39 Å². The highest BCUT2D eigenvalue weighted by Crippen LogP contribution is 2.38. The van der Waals surface area contributed by atoms with Gasteiger partial charge in [0.2, 0.25) is 0 Å². The molecule has 9 heteroatoms. The van der Waals surface area contributed by atoms with E-state index in [2.05, 4.69) is 10.3 Å². The number of carbonyl (C=O) groups excluding carboxylic acids is 1. The summed E-state index contributed by atoms with van der Waals surface area (Å²) in [5.41, 5.74) is 2.01. The van der Waals surface area contributed by atoms with Crippen molar-refractivity contribution in [1.82, 2.24) is 15.2 Å². The number of aromatic nitrogens is 1. The minimum absolute atomic E-state index is 0.0438. The third-order valence-corrected chi connectivity index (χ3v) is 7.67. The lowest BCUT2D eigenvalue weighted by atomic mass is 9.81. The Hall–Kier alpha value is -3.49. The van der Waals surface area contributed by atoms with Crippen molar-refractivity contribution in [3.63, 3.8) is 0 Å².